The molecule has 40 heavy (non-hydrogen) atoms. The predicted molar refractivity (Wildman–Crippen MR) is 154 cm³/mol. The zero-order valence-electron chi connectivity index (χ0n) is 22.5. The molecule has 3 aromatic rings. The summed E-state index contributed by atoms with van der Waals surface area (Å²) in [6, 6.07) is 9.76. The number of nitrogens with zero attached hydrogens (tertiary/aromatic N) is 4. The van der Waals surface area contributed by atoms with E-state index in [1.165, 1.54) is 6.07 Å². The van der Waals surface area contributed by atoms with E-state index in [1.54, 1.807) is 54.9 Å². The van der Waals surface area contributed by atoms with Crippen molar-refractivity contribution >= 4 is 51.5 Å². The number of benzene rings is 1. The predicted octanol–water partition coefficient (Wildman–Crippen LogP) is 5.14. The van der Waals surface area contributed by atoms with Crippen LogP contribution in [0.5, 0.6) is 0 Å². The van der Waals surface area contributed by atoms with E-state index in [0.717, 1.165) is 31.2 Å². The van der Waals surface area contributed by atoms with Crippen molar-refractivity contribution in [2.75, 3.05) is 10.0 Å². The molecule has 0 bridgehead atoms. The maximum Gasteiger partial charge on any atom is 0.407 e. The van der Waals surface area contributed by atoms with Gasteiger partial charge in [0, 0.05) is 30.0 Å². The number of sulfonamides is 1. The van der Waals surface area contributed by atoms with E-state index in [1.807, 2.05) is 20.8 Å². The average molecular weight is 586 g/mol. The number of rotatable bonds is 8. The molecule has 1 aromatic carbocycles. The number of alkyl carbamates (subject to hydrolysis) is 1. The number of ether oxygens (including phenoxy) is 1. The van der Waals surface area contributed by atoms with Gasteiger partial charge in [-0.05, 0) is 82.9 Å². The highest BCUT2D eigenvalue weighted by atomic mass is 35.5. The molecule has 212 valence electrons. The van der Waals surface area contributed by atoms with Crippen LogP contribution in [0.25, 0.3) is 12.2 Å². The number of anilines is 2. The Kier molecular flexibility index (Phi) is 9.21. The Morgan fingerprint density at radius 1 is 0.975 bits per heavy atom. The molecule has 0 radical (unpaired) electrons. The summed E-state index contributed by atoms with van der Waals surface area (Å²) in [5.41, 5.74) is 0.958. The molecule has 1 amide bonds. The second kappa shape index (κ2) is 12.6. The second-order valence-electron chi connectivity index (χ2n) is 10.4. The number of para-hydroxylation sites is 1. The summed E-state index contributed by atoms with van der Waals surface area (Å²) in [6.07, 6.45) is 9.88. The molecular weight excluding hydrogens is 554 g/mol. The summed E-state index contributed by atoms with van der Waals surface area (Å²) < 4.78 is 32.9. The van der Waals surface area contributed by atoms with Crippen LogP contribution >= 0.6 is 11.6 Å². The van der Waals surface area contributed by atoms with Crippen LogP contribution in [0.3, 0.4) is 0 Å². The number of halogens is 1. The Balaban J connectivity index is 1.26. The van der Waals surface area contributed by atoms with Crippen molar-refractivity contribution in [3.8, 4) is 0 Å². The monoisotopic (exact) mass is 585 g/mol. The largest absolute Gasteiger partial charge is 0.444 e. The first-order chi connectivity index (χ1) is 19.0. The number of hydrogen-bond donors (Lipinski definition) is 3. The summed E-state index contributed by atoms with van der Waals surface area (Å²) in [4.78, 5) is 20.8. The minimum atomic E-state index is -3.94. The van der Waals surface area contributed by atoms with Crippen LogP contribution in [0.15, 0.2) is 53.8 Å². The minimum Gasteiger partial charge on any atom is -0.444 e. The zero-order valence-corrected chi connectivity index (χ0v) is 24.0. The van der Waals surface area contributed by atoms with E-state index in [-0.39, 0.29) is 33.9 Å². The molecule has 0 unspecified atom stereocenters. The molecule has 1 aliphatic carbocycles. The molecule has 1 saturated carbocycles. The van der Waals surface area contributed by atoms with Crippen LogP contribution < -0.4 is 15.4 Å². The number of amides is 1. The Morgan fingerprint density at radius 3 is 2.27 bits per heavy atom. The van der Waals surface area contributed by atoms with Crippen LogP contribution in [0.2, 0.25) is 5.02 Å². The van der Waals surface area contributed by atoms with Crippen LogP contribution in [0, 0.1) is 0 Å². The van der Waals surface area contributed by atoms with E-state index in [2.05, 4.69) is 35.5 Å². The lowest BCUT2D eigenvalue weighted by Gasteiger charge is -2.30. The van der Waals surface area contributed by atoms with E-state index in [0.29, 0.717) is 11.6 Å². The van der Waals surface area contributed by atoms with Crippen molar-refractivity contribution in [2.24, 2.45) is 0 Å². The lowest BCUT2D eigenvalue weighted by atomic mass is 9.91. The van der Waals surface area contributed by atoms with E-state index in [9.17, 15) is 13.2 Å². The minimum absolute atomic E-state index is 0.0947. The van der Waals surface area contributed by atoms with Crippen LogP contribution in [-0.4, -0.2) is 52.4 Å². The van der Waals surface area contributed by atoms with Crippen molar-refractivity contribution in [1.29, 1.82) is 0 Å². The topological polar surface area (TPSA) is 148 Å². The van der Waals surface area contributed by atoms with Crippen LogP contribution in [0.4, 0.5) is 16.4 Å². The van der Waals surface area contributed by atoms with Crippen LogP contribution in [-0.2, 0) is 14.8 Å². The summed E-state index contributed by atoms with van der Waals surface area (Å²) in [6.45, 7) is 5.53. The second-order valence-corrected chi connectivity index (χ2v) is 12.4. The molecule has 11 nitrogen and oxygen atoms in total. The summed E-state index contributed by atoms with van der Waals surface area (Å²) in [7, 11) is -3.94. The fourth-order valence-corrected chi connectivity index (χ4v) is 5.23. The van der Waals surface area contributed by atoms with Crippen molar-refractivity contribution in [3.05, 3.63) is 65.1 Å². The van der Waals surface area contributed by atoms with Gasteiger partial charge in [-0.3, -0.25) is 4.72 Å². The first kappa shape index (κ1) is 29.2. The standard InChI is InChI=1S/C27H32ClN7O4S/c1-27(2,3)39-26(36)32-20-12-10-19(11-13-20)31-25-29-16-18(17-30-25)8-9-21-14-15-24(34-33-21)40(37,38)35-23-7-5-4-6-22(23)28/h4-9,14-17,19-20,35H,10-13H2,1-3H3,(H,32,36)(H,29,30,31)/b9-8+. The Hall–Kier alpha value is -3.77. The molecular formula is C27H32ClN7O4S. The first-order valence-corrected chi connectivity index (χ1v) is 14.7. The molecule has 2 heterocycles. The Labute approximate surface area is 238 Å². The summed E-state index contributed by atoms with van der Waals surface area (Å²) in [5, 5.41) is 14.2. The molecule has 3 N–H and O–H groups in total. The molecule has 1 fully saturated rings. The van der Waals surface area contributed by atoms with Gasteiger partial charge in [0.2, 0.25) is 5.95 Å². The lowest BCUT2D eigenvalue weighted by molar-refractivity contribution is 0.0492. The smallest absolute Gasteiger partial charge is 0.407 e. The average Bonchev–Trinajstić information content (AvgIpc) is 2.90. The normalized spacial score (nSPS) is 17.8. The van der Waals surface area contributed by atoms with Crippen molar-refractivity contribution < 1.29 is 17.9 Å². The quantitative estimate of drug-likeness (QED) is 0.327. The fraction of sp³-hybridized carbons (Fsp3) is 0.370. The number of nitrogens with one attached hydrogen (secondary N) is 3. The molecule has 0 atom stereocenters. The molecule has 1 aliphatic rings. The maximum atomic E-state index is 12.6. The Bertz CT molecular complexity index is 1430. The van der Waals surface area contributed by atoms with Gasteiger partial charge in [0.15, 0.2) is 5.03 Å². The third-order valence-electron chi connectivity index (χ3n) is 5.95. The van der Waals surface area contributed by atoms with Crippen molar-refractivity contribution in [1.82, 2.24) is 25.5 Å². The van der Waals surface area contributed by atoms with E-state index < -0.39 is 15.6 Å². The van der Waals surface area contributed by atoms with E-state index >= 15 is 0 Å². The highest BCUT2D eigenvalue weighted by molar-refractivity contribution is 7.92. The zero-order chi connectivity index (χ0) is 28.8. The van der Waals surface area contributed by atoms with Gasteiger partial charge in [-0.1, -0.05) is 23.7 Å². The molecule has 2 aromatic heterocycles. The van der Waals surface area contributed by atoms with Gasteiger partial charge in [0.25, 0.3) is 10.0 Å². The van der Waals surface area contributed by atoms with Gasteiger partial charge >= 0.3 is 6.09 Å². The molecule has 0 saturated heterocycles. The third kappa shape index (κ3) is 8.62. The van der Waals surface area contributed by atoms with Gasteiger partial charge in [-0.25, -0.2) is 14.8 Å². The number of carbonyl (C=O) groups excluding carboxylic acids is 1. The number of carbonyl (C=O) groups is 1. The summed E-state index contributed by atoms with van der Waals surface area (Å²) in [5.74, 6) is 0.529. The van der Waals surface area contributed by atoms with Gasteiger partial charge in [-0.15, -0.1) is 10.2 Å². The van der Waals surface area contributed by atoms with E-state index in [4.69, 9.17) is 16.3 Å². The van der Waals surface area contributed by atoms with Crippen molar-refractivity contribution in [3.63, 3.8) is 0 Å². The van der Waals surface area contributed by atoms with Gasteiger partial charge in [0.05, 0.1) is 16.4 Å². The molecule has 0 aliphatic heterocycles. The Morgan fingerprint density at radius 2 is 1.65 bits per heavy atom. The SMILES string of the molecule is CC(C)(C)OC(=O)NC1CCC(Nc2ncc(/C=C/c3ccc(S(=O)(=O)Nc4ccccc4Cl)nn3)cn2)CC1. The van der Waals surface area contributed by atoms with Gasteiger partial charge in [-0.2, -0.15) is 8.42 Å². The van der Waals surface area contributed by atoms with Crippen molar-refractivity contribution in [2.45, 2.75) is 69.2 Å². The first-order valence-electron chi connectivity index (χ1n) is 12.8. The fourth-order valence-electron chi connectivity index (χ4n) is 4.02. The third-order valence-corrected chi connectivity index (χ3v) is 7.54. The number of aromatic nitrogens is 4. The van der Waals surface area contributed by atoms with Gasteiger partial charge in [0.1, 0.15) is 5.60 Å². The maximum absolute atomic E-state index is 12.6. The number of hydrogen-bond acceptors (Lipinski definition) is 9. The molecule has 4 rings (SSSR count). The highest BCUT2D eigenvalue weighted by Gasteiger charge is 2.25. The lowest BCUT2D eigenvalue weighted by Crippen LogP contribution is -2.42. The van der Waals surface area contributed by atoms with Gasteiger partial charge < -0.3 is 15.4 Å². The summed E-state index contributed by atoms with van der Waals surface area (Å²) >= 11 is 6.03. The molecule has 13 heteroatoms. The highest BCUT2D eigenvalue weighted by Crippen LogP contribution is 2.24. The molecule has 0 spiro atoms. The van der Waals surface area contributed by atoms with Crippen LogP contribution in [0.1, 0.15) is 57.7 Å².